The van der Waals surface area contributed by atoms with Crippen LogP contribution in [0.15, 0.2) is 0 Å². The molecule has 0 aromatic heterocycles. The van der Waals surface area contributed by atoms with Crippen LogP contribution >= 0.6 is 0 Å². The van der Waals surface area contributed by atoms with Crippen molar-refractivity contribution in [3.63, 3.8) is 0 Å². The molecule has 0 amide bonds. The van der Waals surface area contributed by atoms with Gasteiger partial charge in [0.25, 0.3) is 0 Å². The maximum absolute atomic E-state index is 7.15. The van der Waals surface area contributed by atoms with Crippen LogP contribution in [0.25, 0.3) is 0 Å². The van der Waals surface area contributed by atoms with Gasteiger partial charge in [-0.1, -0.05) is 38.4 Å². The van der Waals surface area contributed by atoms with Gasteiger partial charge in [-0.15, -0.1) is 0 Å². The van der Waals surface area contributed by atoms with Crippen molar-refractivity contribution >= 4 is 7.85 Å². The van der Waals surface area contributed by atoms with Gasteiger partial charge in [0.2, 0.25) is 0 Å². The lowest BCUT2D eigenvalue weighted by molar-refractivity contribution is 0.386. The van der Waals surface area contributed by atoms with E-state index >= 15 is 0 Å². The van der Waals surface area contributed by atoms with Crippen LogP contribution in [-0.4, -0.2) is 7.85 Å². The van der Waals surface area contributed by atoms with Crippen molar-refractivity contribution in [2.45, 2.75) is 38.4 Å². The molecule has 1 rings (SSSR count). The van der Waals surface area contributed by atoms with Crippen LogP contribution < -0.4 is 0 Å². The molecule has 1 saturated carbocycles. The molecule has 44 valence electrons. The van der Waals surface area contributed by atoms with Crippen molar-refractivity contribution in [1.29, 1.82) is 0 Å². The fourth-order valence-corrected chi connectivity index (χ4v) is 1.24. The summed E-state index contributed by atoms with van der Waals surface area (Å²) in [7, 11) is 5.77. The van der Waals surface area contributed by atoms with Crippen LogP contribution in [0.4, 0.5) is 0 Å². The molecule has 8 heavy (non-hydrogen) atoms. The van der Waals surface area contributed by atoms with E-state index in [1.165, 1.54) is 19.3 Å². The van der Waals surface area contributed by atoms with Crippen molar-refractivity contribution in [2.75, 3.05) is 0 Å². The largest absolute Gasteiger partial charge is 0.0749 e. The van der Waals surface area contributed by atoms with Gasteiger partial charge in [-0.05, 0) is 5.92 Å². The van der Waals surface area contributed by atoms with Crippen LogP contribution in [0.3, 0.4) is 0 Å². The zero-order valence-electron chi connectivity index (χ0n) is 6.27. The van der Waals surface area contributed by atoms with Crippen LogP contribution in [0.1, 0.15) is 34.0 Å². The van der Waals surface area contributed by atoms with Crippen LogP contribution in [-0.2, 0) is 0 Å². The van der Waals surface area contributed by atoms with E-state index in [0.29, 0.717) is 18.6 Å². The SMILES string of the molecule is [2H]CC1CCCCC1[B]. The first-order valence-corrected chi connectivity index (χ1v) is 3.39. The molecule has 1 aliphatic carbocycles. The van der Waals surface area contributed by atoms with Gasteiger partial charge in [-0.3, -0.25) is 0 Å². The highest BCUT2D eigenvalue weighted by Gasteiger charge is 2.15. The second-order valence-corrected chi connectivity index (χ2v) is 2.71. The number of hydrogen-bond donors (Lipinski definition) is 0. The van der Waals surface area contributed by atoms with Crippen molar-refractivity contribution < 1.29 is 1.37 Å². The summed E-state index contributed by atoms with van der Waals surface area (Å²) >= 11 is 0. The fraction of sp³-hybridized carbons (Fsp3) is 1.00. The Hall–Kier alpha value is 0.0649. The van der Waals surface area contributed by atoms with E-state index in [4.69, 9.17) is 9.22 Å². The molecule has 2 unspecified atom stereocenters. The number of rotatable bonds is 0. The van der Waals surface area contributed by atoms with E-state index in [9.17, 15) is 0 Å². The predicted molar refractivity (Wildman–Crippen MR) is 37.1 cm³/mol. The molecule has 1 fully saturated rings. The van der Waals surface area contributed by atoms with Gasteiger partial charge in [0, 0.05) is 1.37 Å². The zero-order chi connectivity index (χ0) is 6.69. The summed E-state index contributed by atoms with van der Waals surface area (Å²) in [4.78, 5) is 0. The van der Waals surface area contributed by atoms with Crippen molar-refractivity contribution in [1.82, 2.24) is 0 Å². The summed E-state index contributed by atoms with van der Waals surface area (Å²) in [5, 5.41) is 0. The van der Waals surface area contributed by atoms with Gasteiger partial charge in [-0.2, -0.15) is 0 Å². The summed E-state index contributed by atoms with van der Waals surface area (Å²) < 4.78 is 7.15. The maximum Gasteiger partial charge on any atom is 0.0703 e. The Kier molecular flexibility index (Phi) is 1.57. The lowest BCUT2D eigenvalue weighted by atomic mass is 9.69. The third kappa shape index (κ3) is 1.27. The molecule has 1 aliphatic rings. The Morgan fingerprint density at radius 1 is 1.50 bits per heavy atom. The van der Waals surface area contributed by atoms with E-state index in [2.05, 4.69) is 0 Å². The Morgan fingerprint density at radius 2 is 2.25 bits per heavy atom. The van der Waals surface area contributed by atoms with Crippen molar-refractivity contribution in [3.05, 3.63) is 0 Å². The molecule has 0 heterocycles. The molecular weight excluding hydrogens is 94.9 g/mol. The molecule has 2 radical (unpaired) electrons. The Balaban J connectivity index is 2.30. The Labute approximate surface area is 54.5 Å². The van der Waals surface area contributed by atoms with Gasteiger partial charge in [-0.25, -0.2) is 0 Å². The summed E-state index contributed by atoms with van der Waals surface area (Å²) in [5.41, 5.74) is 0. The van der Waals surface area contributed by atoms with Crippen LogP contribution in [0.5, 0.6) is 0 Å². The third-order valence-corrected chi connectivity index (χ3v) is 1.97. The fourth-order valence-electron chi connectivity index (χ4n) is 1.24. The van der Waals surface area contributed by atoms with Crippen LogP contribution in [0.2, 0.25) is 5.82 Å². The first-order valence-electron chi connectivity index (χ1n) is 4.10. The Morgan fingerprint density at radius 3 is 2.75 bits per heavy atom. The second kappa shape index (κ2) is 2.57. The highest BCUT2D eigenvalue weighted by molar-refractivity contribution is 6.11. The Bertz CT molecular complexity index is 85.0. The summed E-state index contributed by atoms with van der Waals surface area (Å²) in [6.07, 6.45) is 4.89. The number of hydrogen-bond acceptors (Lipinski definition) is 0. The van der Waals surface area contributed by atoms with E-state index < -0.39 is 0 Å². The minimum Gasteiger partial charge on any atom is -0.0749 e. The van der Waals surface area contributed by atoms with E-state index in [1.54, 1.807) is 0 Å². The van der Waals surface area contributed by atoms with Gasteiger partial charge < -0.3 is 0 Å². The highest BCUT2D eigenvalue weighted by atomic mass is 14.2. The molecule has 0 spiro atoms. The minimum absolute atomic E-state index is 0.330. The van der Waals surface area contributed by atoms with E-state index in [0.717, 1.165) is 6.42 Å². The average molecular weight is 109 g/mol. The molecule has 0 aromatic carbocycles. The van der Waals surface area contributed by atoms with Crippen LogP contribution in [0, 0.1) is 5.92 Å². The molecule has 0 aliphatic heterocycles. The zero-order valence-corrected chi connectivity index (χ0v) is 5.27. The lowest BCUT2D eigenvalue weighted by Gasteiger charge is -2.24. The summed E-state index contributed by atoms with van der Waals surface area (Å²) in [6.45, 7) is 0.529. The molecule has 2 atom stereocenters. The summed E-state index contributed by atoms with van der Waals surface area (Å²) in [5.74, 6) is 0.829. The molecular formula is C7H13B. The lowest BCUT2D eigenvalue weighted by Crippen LogP contribution is -2.10. The molecule has 0 nitrogen and oxygen atoms in total. The standard InChI is InChI=1S/C7H13B/c1-6-4-2-3-5-7(6)8/h6-7H,2-5H2,1H3/i1D. The summed E-state index contributed by atoms with van der Waals surface area (Å²) in [6, 6.07) is 0. The monoisotopic (exact) mass is 109 g/mol. The molecule has 1 heteroatoms. The highest BCUT2D eigenvalue weighted by Crippen LogP contribution is 2.31. The molecule has 0 bridgehead atoms. The quantitative estimate of drug-likeness (QED) is 0.418. The maximum atomic E-state index is 7.15. The molecule has 0 saturated heterocycles. The minimum atomic E-state index is 0.330. The smallest absolute Gasteiger partial charge is 0.0703 e. The average Bonchev–Trinajstić information content (AvgIpc) is 1.89. The normalized spacial score (nSPS) is 41.2. The molecule has 0 N–H and O–H groups in total. The van der Waals surface area contributed by atoms with Gasteiger partial charge >= 0.3 is 0 Å². The van der Waals surface area contributed by atoms with Gasteiger partial charge in [0.05, 0.1) is 7.85 Å². The topological polar surface area (TPSA) is 0 Å². The van der Waals surface area contributed by atoms with Gasteiger partial charge in [0.15, 0.2) is 0 Å². The van der Waals surface area contributed by atoms with E-state index in [1.807, 2.05) is 0 Å². The predicted octanol–water partition coefficient (Wildman–Crippen LogP) is 2.15. The van der Waals surface area contributed by atoms with E-state index in [-0.39, 0.29) is 0 Å². The first-order chi connectivity index (χ1) is 4.34. The van der Waals surface area contributed by atoms with Crippen molar-refractivity contribution in [2.24, 2.45) is 5.92 Å². The first kappa shape index (κ1) is 4.90. The molecule has 0 aromatic rings. The second-order valence-electron chi connectivity index (χ2n) is 2.71. The van der Waals surface area contributed by atoms with Crippen molar-refractivity contribution in [3.8, 4) is 0 Å². The third-order valence-electron chi connectivity index (χ3n) is 1.97. The van der Waals surface area contributed by atoms with Gasteiger partial charge in [0.1, 0.15) is 0 Å².